The molecule has 0 aliphatic carbocycles. The molecule has 0 amide bonds. The fourth-order valence-electron chi connectivity index (χ4n) is 8.26. The standard InChI is InChI=1S/C51H32N2O/c1-4-13-33(14-5-1)36-23-27-47-43(29-36)44-30-37(34-15-6-2-7-16-34)24-28-48(44)53(47)38-25-26-41-50(31-38)54-49-22-12-20-40(51(41)49)46-32-42(35-17-8-3-9-18-35)39-19-10-11-21-45(39)52-46/h1-32H. The van der Waals surface area contributed by atoms with Crippen LogP contribution in [0.25, 0.3) is 105 Å². The SMILES string of the molecule is c1ccc(-c2ccc3c(c2)c2cc(-c4ccccc4)ccc2n3-c2ccc3c(c2)oc2cccc(-c4cc(-c5ccccc5)c5ccccc5n4)c23)cc1. The lowest BCUT2D eigenvalue weighted by atomic mass is 9.96. The first kappa shape index (κ1) is 30.4. The number of furan rings is 1. The van der Waals surface area contributed by atoms with Crippen LogP contribution in [0.2, 0.25) is 0 Å². The number of fused-ring (bicyclic) bond motifs is 7. The Kier molecular flexibility index (Phi) is 6.86. The van der Waals surface area contributed by atoms with E-state index in [9.17, 15) is 0 Å². The predicted molar refractivity (Wildman–Crippen MR) is 225 cm³/mol. The molecule has 0 N–H and O–H groups in total. The number of benzene rings is 8. The van der Waals surface area contributed by atoms with E-state index < -0.39 is 0 Å². The molecule has 0 spiro atoms. The molecular formula is C51H32N2O. The van der Waals surface area contributed by atoms with E-state index >= 15 is 0 Å². The summed E-state index contributed by atoms with van der Waals surface area (Å²) in [4.78, 5) is 5.21. The molecule has 0 atom stereocenters. The summed E-state index contributed by atoms with van der Waals surface area (Å²) in [5, 5.41) is 5.71. The van der Waals surface area contributed by atoms with Crippen LogP contribution in [0.15, 0.2) is 199 Å². The topological polar surface area (TPSA) is 31.0 Å². The summed E-state index contributed by atoms with van der Waals surface area (Å²) in [6.45, 7) is 0. The lowest BCUT2D eigenvalue weighted by Gasteiger charge is -2.11. The first-order valence-electron chi connectivity index (χ1n) is 18.4. The van der Waals surface area contributed by atoms with Crippen LogP contribution in [0.4, 0.5) is 0 Å². The highest BCUT2D eigenvalue weighted by atomic mass is 16.3. The molecule has 0 bridgehead atoms. The van der Waals surface area contributed by atoms with Crippen LogP contribution in [0.5, 0.6) is 0 Å². The lowest BCUT2D eigenvalue weighted by molar-refractivity contribution is 0.668. The van der Waals surface area contributed by atoms with E-state index in [1.165, 1.54) is 44.2 Å². The Labute approximate surface area is 312 Å². The van der Waals surface area contributed by atoms with E-state index in [1.807, 2.05) is 0 Å². The summed E-state index contributed by atoms with van der Waals surface area (Å²) in [5.41, 5.74) is 15.1. The van der Waals surface area contributed by atoms with Crippen molar-refractivity contribution in [2.75, 3.05) is 0 Å². The minimum atomic E-state index is 0.843. The van der Waals surface area contributed by atoms with Crippen LogP contribution in [0.3, 0.4) is 0 Å². The van der Waals surface area contributed by atoms with Gasteiger partial charge in [-0.05, 0) is 88.0 Å². The van der Waals surface area contributed by atoms with E-state index in [1.54, 1.807) is 0 Å². The molecule has 252 valence electrons. The van der Waals surface area contributed by atoms with Crippen LogP contribution in [-0.2, 0) is 0 Å². The van der Waals surface area contributed by atoms with Crippen LogP contribution < -0.4 is 0 Å². The third-order valence-corrected chi connectivity index (χ3v) is 10.8. The van der Waals surface area contributed by atoms with Crippen molar-refractivity contribution < 1.29 is 4.42 Å². The third kappa shape index (κ3) is 4.87. The Bertz CT molecular complexity index is 3100. The Morgan fingerprint density at radius 1 is 0.370 bits per heavy atom. The first-order valence-corrected chi connectivity index (χ1v) is 18.4. The maximum absolute atomic E-state index is 6.69. The van der Waals surface area contributed by atoms with E-state index in [0.29, 0.717) is 0 Å². The number of para-hydroxylation sites is 1. The van der Waals surface area contributed by atoms with Gasteiger partial charge in [-0.2, -0.15) is 0 Å². The summed E-state index contributed by atoms with van der Waals surface area (Å²) in [6, 6.07) is 69.0. The van der Waals surface area contributed by atoms with Crippen molar-refractivity contribution in [1.82, 2.24) is 9.55 Å². The molecule has 0 aliphatic heterocycles. The number of hydrogen-bond donors (Lipinski definition) is 0. The summed E-state index contributed by atoms with van der Waals surface area (Å²) in [6.07, 6.45) is 0. The summed E-state index contributed by atoms with van der Waals surface area (Å²) in [7, 11) is 0. The summed E-state index contributed by atoms with van der Waals surface area (Å²) < 4.78 is 9.07. The molecule has 0 radical (unpaired) electrons. The fraction of sp³-hybridized carbons (Fsp3) is 0. The second-order valence-corrected chi connectivity index (χ2v) is 13.9. The minimum Gasteiger partial charge on any atom is -0.456 e. The number of pyridine rings is 1. The highest BCUT2D eigenvalue weighted by Crippen LogP contribution is 2.42. The van der Waals surface area contributed by atoms with Gasteiger partial charge in [-0.15, -0.1) is 0 Å². The Balaban J connectivity index is 1.11. The Morgan fingerprint density at radius 2 is 0.981 bits per heavy atom. The molecule has 0 saturated carbocycles. The van der Waals surface area contributed by atoms with Crippen LogP contribution >= 0.6 is 0 Å². The molecule has 54 heavy (non-hydrogen) atoms. The molecule has 8 aromatic carbocycles. The van der Waals surface area contributed by atoms with E-state index in [4.69, 9.17) is 9.40 Å². The number of nitrogens with zero attached hydrogens (tertiary/aromatic N) is 2. The van der Waals surface area contributed by atoms with Crippen molar-refractivity contribution in [3.05, 3.63) is 194 Å². The van der Waals surface area contributed by atoms with E-state index in [2.05, 4.69) is 199 Å². The average Bonchev–Trinajstić information content (AvgIpc) is 3.79. The van der Waals surface area contributed by atoms with Crippen LogP contribution in [0, 0.1) is 0 Å². The molecule has 0 aliphatic rings. The molecule has 11 aromatic rings. The number of hydrogen-bond acceptors (Lipinski definition) is 2. The molecular weight excluding hydrogens is 657 g/mol. The highest BCUT2D eigenvalue weighted by Gasteiger charge is 2.19. The van der Waals surface area contributed by atoms with Crippen LogP contribution in [0.1, 0.15) is 0 Å². The Hall–Kier alpha value is -7.23. The summed E-state index contributed by atoms with van der Waals surface area (Å²) in [5.74, 6) is 0. The predicted octanol–water partition coefficient (Wildman–Crippen LogP) is 13.9. The van der Waals surface area contributed by atoms with Gasteiger partial charge in [0.2, 0.25) is 0 Å². The zero-order valence-electron chi connectivity index (χ0n) is 29.3. The molecule has 0 saturated heterocycles. The molecule has 0 fully saturated rings. The zero-order valence-corrected chi connectivity index (χ0v) is 29.3. The molecule has 3 heterocycles. The van der Waals surface area contributed by atoms with E-state index in [0.717, 1.165) is 60.8 Å². The van der Waals surface area contributed by atoms with Crippen molar-refractivity contribution in [2.24, 2.45) is 0 Å². The maximum Gasteiger partial charge on any atom is 0.137 e. The van der Waals surface area contributed by atoms with Gasteiger partial charge in [0.25, 0.3) is 0 Å². The Morgan fingerprint density at radius 3 is 1.65 bits per heavy atom. The maximum atomic E-state index is 6.69. The quantitative estimate of drug-likeness (QED) is 0.180. The van der Waals surface area contributed by atoms with Crippen molar-refractivity contribution in [3.8, 4) is 50.3 Å². The van der Waals surface area contributed by atoms with Gasteiger partial charge in [-0.25, -0.2) is 4.98 Å². The fourth-order valence-corrected chi connectivity index (χ4v) is 8.26. The van der Waals surface area contributed by atoms with Gasteiger partial charge in [0.15, 0.2) is 0 Å². The van der Waals surface area contributed by atoms with E-state index in [-0.39, 0.29) is 0 Å². The van der Waals surface area contributed by atoms with Crippen molar-refractivity contribution in [2.45, 2.75) is 0 Å². The van der Waals surface area contributed by atoms with Crippen molar-refractivity contribution in [3.63, 3.8) is 0 Å². The van der Waals surface area contributed by atoms with Crippen LogP contribution in [-0.4, -0.2) is 9.55 Å². The van der Waals surface area contributed by atoms with Crippen molar-refractivity contribution >= 4 is 54.6 Å². The smallest absolute Gasteiger partial charge is 0.137 e. The van der Waals surface area contributed by atoms with Gasteiger partial charge >= 0.3 is 0 Å². The van der Waals surface area contributed by atoms with Gasteiger partial charge in [0.1, 0.15) is 11.2 Å². The van der Waals surface area contributed by atoms with Crippen molar-refractivity contribution in [1.29, 1.82) is 0 Å². The highest BCUT2D eigenvalue weighted by molar-refractivity contribution is 6.15. The molecule has 3 nitrogen and oxygen atoms in total. The molecule has 3 heteroatoms. The first-order chi connectivity index (χ1) is 26.8. The number of rotatable bonds is 5. The second kappa shape index (κ2) is 12.2. The molecule has 11 rings (SSSR count). The van der Waals surface area contributed by atoms with Gasteiger partial charge in [-0.1, -0.05) is 133 Å². The zero-order chi connectivity index (χ0) is 35.6. The lowest BCUT2D eigenvalue weighted by Crippen LogP contribution is -1.93. The average molecular weight is 689 g/mol. The van der Waals surface area contributed by atoms with Gasteiger partial charge in [0.05, 0.1) is 22.2 Å². The molecule has 3 aromatic heterocycles. The normalized spacial score (nSPS) is 11.7. The minimum absolute atomic E-state index is 0.843. The van der Waals surface area contributed by atoms with Gasteiger partial charge in [-0.3, -0.25) is 0 Å². The summed E-state index contributed by atoms with van der Waals surface area (Å²) >= 11 is 0. The third-order valence-electron chi connectivity index (χ3n) is 10.8. The van der Waals surface area contributed by atoms with Gasteiger partial charge in [0, 0.05) is 44.2 Å². The largest absolute Gasteiger partial charge is 0.456 e. The number of aromatic nitrogens is 2. The second-order valence-electron chi connectivity index (χ2n) is 13.9. The molecule has 0 unspecified atom stereocenters. The monoisotopic (exact) mass is 688 g/mol. The van der Waals surface area contributed by atoms with Gasteiger partial charge < -0.3 is 8.98 Å².